The van der Waals surface area contributed by atoms with Crippen molar-refractivity contribution in [3.8, 4) is 0 Å². The molecule has 3 atom stereocenters. The lowest BCUT2D eigenvalue weighted by molar-refractivity contribution is 0.0304. The molecule has 1 aliphatic heterocycles. The van der Waals surface area contributed by atoms with Gasteiger partial charge in [-0.25, -0.2) is 8.78 Å². The molecule has 0 aromatic rings. The van der Waals surface area contributed by atoms with E-state index in [1.807, 2.05) is 0 Å². The first kappa shape index (κ1) is 7.88. The number of hydrogen-bond donors (Lipinski definition) is 1. The van der Waals surface area contributed by atoms with Crippen LogP contribution >= 0.6 is 0 Å². The Hall–Kier alpha value is -0.220. The Kier molecular flexibility index (Phi) is 2.21. The minimum atomic E-state index is -1.42. The van der Waals surface area contributed by atoms with Crippen molar-refractivity contribution in [1.82, 2.24) is 4.90 Å². The molecule has 3 unspecified atom stereocenters. The van der Waals surface area contributed by atoms with Gasteiger partial charge in [-0.3, -0.25) is 4.90 Å². The quantitative estimate of drug-likeness (QED) is 0.583. The summed E-state index contributed by atoms with van der Waals surface area (Å²) in [5, 5.41) is 8.88. The van der Waals surface area contributed by atoms with Crippen molar-refractivity contribution >= 4 is 0 Å². The largest absolute Gasteiger partial charge is 0.379 e. The van der Waals surface area contributed by atoms with Crippen molar-refractivity contribution in [2.45, 2.75) is 25.5 Å². The fourth-order valence-electron chi connectivity index (χ4n) is 1.06. The Morgan fingerprint density at radius 2 is 1.80 bits per heavy atom. The normalized spacial score (nSPS) is 38.4. The first-order valence-corrected chi connectivity index (χ1v) is 3.31. The van der Waals surface area contributed by atoms with Crippen LogP contribution in [0, 0.1) is 0 Å². The average molecular weight is 151 g/mol. The fraction of sp³-hybridized carbons (Fsp3) is 1.00. The molecule has 1 aliphatic rings. The maximum absolute atomic E-state index is 12.4. The highest BCUT2D eigenvalue weighted by Crippen LogP contribution is 2.17. The van der Waals surface area contributed by atoms with Crippen LogP contribution in [0.2, 0.25) is 0 Å². The molecule has 0 spiro atoms. The summed E-state index contributed by atoms with van der Waals surface area (Å²) in [6, 6.07) is 0. The van der Waals surface area contributed by atoms with Crippen molar-refractivity contribution < 1.29 is 13.9 Å². The molecule has 0 aromatic carbocycles. The third-order valence-electron chi connectivity index (χ3n) is 1.74. The second-order valence-corrected chi connectivity index (χ2v) is 2.62. The summed E-state index contributed by atoms with van der Waals surface area (Å²) in [5.74, 6) is 0. The first-order chi connectivity index (χ1) is 4.61. The molecule has 0 aromatic heterocycles. The fourth-order valence-corrected chi connectivity index (χ4v) is 1.06. The van der Waals surface area contributed by atoms with Crippen LogP contribution in [0.5, 0.6) is 0 Å². The van der Waals surface area contributed by atoms with Crippen molar-refractivity contribution in [3.05, 3.63) is 0 Å². The van der Waals surface area contributed by atoms with Crippen LogP contribution in [0.15, 0.2) is 0 Å². The monoisotopic (exact) mass is 151 g/mol. The molecule has 0 saturated carbocycles. The second kappa shape index (κ2) is 2.80. The van der Waals surface area contributed by atoms with E-state index in [4.69, 9.17) is 5.11 Å². The minimum Gasteiger partial charge on any atom is -0.379 e. The Morgan fingerprint density at radius 1 is 1.40 bits per heavy atom. The third kappa shape index (κ3) is 1.44. The van der Waals surface area contributed by atoms with E-state index in [0.717, 1.165) is 0 Å². The number of hydrogen-bond acceptors (Lipinski definition) is 2. The van der Waals surface area contributed by atoms with E-state index in [0.29, 0.717) is 0 Å². The molecule has 0 radical (unpaired) electrons. The van der Waals surface area contributed by atoms with E-state index in [1.165, 1.54) is 11.8 Å². The standard InChI is InChI=1S/C6H11F2NO/c1-4(10)9-2-5(7)6(8)3-9/h4-6,10H,2-3H2,1H3. The lowest BCUT2D eigenvalue weighted by Gasteiger charge is -2.16. The van der Waals surface area contributed by atoms with Crippen LogP contribution in [0.3, 0.4) is 0 Å². The zero-order valence-electron chi connectivity index (χ0n) is 5.80. The third-order valence-corrected chi connectivity index (χ3v) is 1.74. The van der Waals surface area contributed by atoms with Crippen LogP contribution in [-0.2, 0) is 0 Å². The zero-order valence-corrected chi connectivity index (χ0v) is 5.80. The van der Waals surface area contributed by atoms with E-state index < -0.39 is 18.6 Å². The van der Waals surface area contributed by atoms with E-state index in [-0.39, 0.29) is 13.1 Å². The predicted octanol–water partition coefficient (Wildman–Crippen LogP) is 0.316. The van der Waals surface area contributed by atoms with Crippen molar-refractivity contribution in [2.24, 2.45) is 0 Å². The topological polar surface area (TPSA) is 23.5 Å². The number of aliphatic hydroxyl groups is 1. The molecular weight excluding hydrogens is 140 g/mol. The molecule has 60 valence electrons. The Bertz CT molecular complexity index is 110. The summed E-state index contributed by atoms with van der Waals surface area (Å²) in [7, 11) is 0. The SMILES string of the molecule is CC(O)N1CC(F)C(F)C1. The summed E-state index contributed by atoms with van der Waals surface area (Å²) < 4.78 is 24.8. The van der Waals surface area contributed by atoms with E-state index in [1.54, 1.807) is 0 Å². The van der Waals surface area contributed by atoms with Crippen LogP contribution in [0.4, 0.5) is 8.78 Å². The van der Waals surface area contributed by atoms with Gasteiger partial charge in [0.25, 0.3) is 0 Å². The summed E-state index contributed by atoms with van der Waals surface area (Å²) >= 11 is 0. The lowest BCUT2D eigenvalue weighted by Crippen LogP contribution is -2.30. The number of rotatable bonds is 1. The summed E-state index contributed by atoms with van der Waals surface area (Å²) in [4.78, 5) is 1.37. The summed E-state index contributed by atoms with van der Waals surface area (Å²) in [6.07, 6.45) is -3.58. The summed E-state index contributed by atoms with van der Waals surface area (Å²) in [5.41, 5.74) is 0. The molecule has 10 heavy (non-hydrogen) atoms. The van der Waals surface area contributed by atoms with Crippen LogP contribution in [0.25, 0.3) is 0 Å². The Morgan fingerprint density at radius 3 is 2.00 bits per heavy atom. The number of likely N-dealkylation sites (tertiary alicyclic amines) is 1. The van der Waals surface area contributed by atoms with E-state index >= 15 is 0 Å². The highest BCUT2D eigenvalue weighted by Gasteiger charge is 2.34. The Labute approximate surface area is 58.4 Å². The maximum Gasteiger partial charge on any atom is 0.145 e. The van der Waals surface area contributed by atoms with Gasteiger partial charge >= 0.3 is 0 Å². The van der Waals surface area contributed by atoms with Gasteiger partial charge < -0.3 is 5.11 Å². The highest BCUT2D eigenvalue weighted by molar-refractivity contribution is 4.84. The number of halogens is 2. The molecule has 1 rings (SSSR count). The molecule has 0 amide bonds. The van der Waals surface area contributed by atoms with Gasteiger partial charge in [0.15, 0.2) is 0 Å². The number of alkyl halides is 2. The molecule has 1 heterocycles. The van der Waals surface area contributed by atoms with Gasteiger partial charge in [-0.15, -0.1) is 0 Å². The van der Waals surface area contributed by atoms with Crippen LogP contribution in [0.1, 0.15) is 6.92 Å². The molecule has 1 N–H and O–H groups in total. The lowest BCUT2D eigenvalue weighted by atomic mass is 10.3. The molecule has 0 bridgehead atoms. The van der Waals surface area contributed by atoms with Crippen molar-refractivity contribution in [3.63, 3.8) is 0 Å². The van der Waals surface area contributed by atoms with Crippen LogP contribution in [-0.4, -0.2) is 41.7 Å². The maximum atomic E-state index is 12.4. The zero-order chi connectivity index (χ0) is 7.72. The average Bonchev–Trinajstić information content (AvgIpc) is 2.13. The molecule has 2 nitrogen and oxygen atoms in total. The Balaban J connectivity index is 2.41. The van der Waals surface area contributed by atoms with Gasteiger partial charge in [0.1, 0.15) is 18.6 Å². The van der Waals surface area contributed by atoms with Gasteiger partial charge in [-0.2, -0.15) is 0 Å². The van der Waals surface area contributed by atoms with Gasteiger partial charge in [-0.1, -0.05) is 0 Å². The minimum absolute atomic E-state index is 0.0127. The first-order valence-electron chi connectivity index (χ1n) is 3.31. The molecule has 4 heteroatoms. The van der Waals surface area contributed by atoms with Crippen molar-refractivity contribution in [1.29, 1.82) is 0 Å². The predicted molar refractivity (Wildman–Crippen MR) is 33.0 cm³/mol. The van der Waals surface area contributed by atoms with E-state index in [9.17, 15) is 8.78 Å². The highest BCUT2D eigenvalue weighted by atomic mass is 19.2. The molecule has 1 fully saturated rings. The van der Waals surface area contributed by atoms with Crippen LogP contribution < -0.4 is 0 Å². The van der Waals surface area contributed by atoms with Gasteiger partial charge in [-0.05, 0) is 6.92 Å². The molecular formula is C6H11F2NO. The van der Waals surface area contributed by atoms with Gasteiger partial charge in [0, 0.05) is 13.1 Å². The number of nitrogens with zero attached hydrogens (tertiary/aromatic N) is 1. The molecule has 1 saturated heterocycles. The number of aliphatic hydroxyl groups excluding tert-OH is 1. The van der Waals surface area contributed by atoms with E-state index in [2.05, 4.69) is 0 Å². The second-order valence-electron chi connectivity index (χ2n) is 2.62. The summed E-state index contributed by atoms with van der Waals surface area (Å²) in [6.45, 7) is 1.53. The molecule has 0 aliphatic carbocycles. The van der Waals surface area contributed by atoms with Crippen molar-refractivity contribution in [2.75, 3.05) is 13.1 Å². The van der Waals surface area contributed by atoms with Gasteiger partial charge in [0.2, 0.25) is 0 Å². The smallest absolute Gasteiger partial charge is 0.145 e. The van der Waals surface area contributed by atoms with Gasteiger partial charge in [0.05, 0.1) is 0 Å².